The zero-order chi connectivity index (χ0) is 18.1. The Morgan fingerprint density at radius 3 is 2.28 bits per heavy atom. The van der Waals surface area contributed by atoms with E-state index in [1.165, 1.54) is 0 Å². The standard InChI is InChI=1S/C21H25N3O/c1-17(16-24(2)3)20(15-14-18-10-6-4-7-11-18)22-23-21(25)19-12-8-5-9-13-19/h4-15,17H,16H2,1-3H3,(H,23,25)/b15-14+,22-20+/t17-/m0/s1. The van der Waals surface area contributed by atoms with Gasteiger partial charge in [-0.25, -0.2) is 5.43 Å². The number of amides is 1. The third-order valence-corrected chi connectivity index (χ3v) is 3.71. The third kappa shape index (κ3) is 6.36. The lowest BCUT2D eigenvalue weighted by Gasteiger charge is -2.17. The molecule has 4 heteroatoms. The average molecular weight is 335 g/mol. The van der Waals surface area contributed by atoms with E-state index in [2.05, 4.69) is 22.4 Å². The minimum absolute atomic E-state index is 0.186. The molecule has 0 aliphatic rings. The molecule has 130 valence electrons. The molecule has 0 saturated carbocycles. The van der Waals surface area contributed by atoms with E-state index in [1.807, 2.05) is 74.8 Å². The zero-order valence-corrected chi connectivity index (χ0v) is 15.0. The van der Waals surface area contributed by atoms with Gasteiger partial charge in [-0.2, -0.15) is 5.10 Å². The van der Waals surface area contributed by atoms with Crippen molar-refractivity contribution in [2.45, 2.75) is 6.92 Å². The van der Waals surface area contributed by atoms with Crippen LogP contribution in [0.2, 0.25) is 0 Å². The van der Waals surface area contributed by atoms with Crippen molar-refractivity contribution < 1.29 is 4.79 Å². The molecule has 0 fully saturated rings. The Bertz CT molecular complexity index is 721. The van der Waals surface area contributed by atoms with Crippen molar-refractivity contribution in [3.05, 3.63) is 77.9 Å². The molecule has 2 rings (SSSR count). The van der Waals surface area contributed by atoms with Crippen molar-refractivity contribution in [2.75, 3.05) is 20.6 Å². The van der Waals surface area contributed by atoms with Crippen molar-refractivity contribution in [1.82, 2.24) is 10.3 Å². The summed E-state index contributed by atoms with van der Waals surface area (Å²) in [7, 11) is 4.05. The third-order valence-electron chi connectivity index (χ3n) is 3.71. The van der Waals surface area contributed by atoms with E-state index in [0.717, 1.165) is 17.8 Å². The summed E-state index contributed by atoms with van der Waals surface area (Å²) in [6.45, 7) is 2.95. The molecule has 1 N–H and O–H groups in total. The molecular formula is C21H25N3O. The van der Waals surface area contributed by atoms with Gasteiger partial charge < -0.3 is 4.90 Å². The molecule has 0 aliphatic carbocycles. The number of hydrazone groups is 1. The Morgan fingerprint density at radius 2 is 1.68 bits per heavy atom. The molecule has 0 heterocycles. The summed E-state index contributed by atoms with van der Waals surface area (Å²) in [5.41, 5.74) is 5.20. The predicted octanol–water partition coefficient (Wildman–Crippen LogP) is 3.68. The summed E-state index contributed by atoms with van der Waals surface area (Å²) in [4.78, 5) is 14.3. The average Bonchev–Trinajstić information content (AvgIpc) is 2.62. The van der Waals surface area contributed by atoms with Crippen LogP contribution >= 0.6 is 0 Å². The van der Waals surface area contributed by atoms with E-state index in [-0.39, 0.29) is 11.8 Å². The minimum Gasteiger partial charge on any atom is -0.309 e. The molecule has 1 amide bonds. The maximum Gasteiger partial charge on any atom is 0.271 e. The van der Waals surface area contributed by atoms with Crippen LogP contribution in [0.5, 0.6) is 0 Å². The van der Waals surface area contributed by atoms with Crippen LogP contribution in [0.25, 0.3) is 6.08 Å². The largest absolute Gasteiger partial charge is 0.309 e. The van der Waals surface area contributed by atoms with E-state index in [0.29, 0.717) is 5.56 Å². The molecule has 4 nitrogen and oxygen atoms in total. The van der Waals surface area contributed by atoms with E-state index in [1.54, 1.807) is 12.1 Å². The number of allylic oxidation sites excluding steroid dienone is 1. The second-order valence-corrected chi connectivity index (χ2v) is 6.25. The highest BCUT2D eigenvalue weighted by atomic mass is 16.2. The first kappa shape index (κ1) is 18.6. The molecular weight excluding hydrogens is 310 g/mol. The maximum absolute atomic E-state index is 12.2. The summed E-state index contributed by atoms with van der Waals surface area (Å²) in [5.74, 6) is -0.0192. The molecule has 0 saturated heterocycles. The molecule has 0 unspecified atom stereocenters. The van der Waals surface area contributed by atoms with E-state index in [9.17, 15) is 4.79 Å². The zero-order valence-electron chi connectivity index (χ0n) is 15.0. The molecule has 0 radical (unpaired) electrons. The summed E-state index contributed by atoms with van der Waals surface area (Å²) in [5, 5.41) is 4.37. The normalized spacial score (nSPS) is 13.2. The highest BCUT2D eigenvalue weighted by Crippen LogP contribution is 2.07. The van der Waals surface area contributed by atoms with Gasteiger partial charge in [0.25, 0.3) is 5.91 Å². The fourth-order valence-electron chi connectivity index (χ4n) is 2.47. The second-order valence-electron chi connectivity index (χ2n) is 6.25. The molecule has 0 aliphatic heterocycles. The predicted molar refractivity (Wildman–Crippen MR) is 105 cm³/mol. The van der Waals surface area contributed by atoms with E-state index < -0.39 is 0 Å². The van der Waals surface area contributed by atoms with Gasteiger partial charge in [0.2, 0.25) is 0 Å². The van der Waals surface area contributed by atoms with Crippen LogP contribution in [0.15, 0.2) is 71.8 Å². The Hall–Kier alpha value is -2.72. The van der Waals surface area contributed by atoms with Crippen LogP contribution < -0.4 is 5.43 Å². The smallest absolute Gasteiger partial charge is 0.271 e. The Balaban J connectivity index is 2.15. The van der Waals surface area contributed by atoms with Crippen LogP contribution in [0.4, 0.5) is 0 Å². The number of hydrogen-bond acceptors (Lipinski definition) is 3. The quantitative estimate of drug-likeness (QED) is 0.619. The molecule has 25 heavy (non-hydrogen) atoms. The second kappa shape index (κ2) is 9.55. The van der Waals surface area contributed by atoms with Crippen molar-refractivity contribution in [2.24, 2.45) is 11.0 Å². The molecule has 2 aromatic rings. The lowest BCUT2D eigenvalue weighted by molar-refractivity contribution is 0.0954. The van der Waals surface area contributed by atoms with Crippen molar-refractivity contribution in [1.29, 1.82) is 0 Å². The number of carbonyl (C=O) groups excluding carboxylic acids is 1. The maximum atomic E-state index is 12.2. The van der Waals surface area contributed by atoms with Gasteiger partial charge in [-0.1, -0.05) is 61.5 Å². The first-order valence-corrected chi connectivity index (χ1v) is 8.37. The van der Waals surface area contributed by atoms with Crippen molar-refractivity contribution in [3.8, 4) is 0 Å². The number of nitrogens with one attached hydrogen (secondary N) is 1. The molecule has 1 atom stereocenters. The van der Waals surface area contributed by atoms with Crippen LogP contribution in [-0.2, 0) is 0 Å². The SMILES string of the molecule is C[C@@H](CN(C)C)C(/C=C/c1ccccc1)=N/NC(=O)c1ccccc1. The Kier molecular flexibility index (Phi) is 7.11. The molecule has 2 aromatic carbocycles. The van der Waals surface area contributed by atoms with Gasteiger partial charge in [-0.15, -0.1) is 0 Å². The Morgan fingerprint density at radius 1 is 1.08 bits per heavy atom. The first-order valence-electron chi connectivity index (χ1n) is 8.37. The number of carbonyl (C=O) groups is 1. The molecule has 0 aromatic heterocycles. The van der Waals surface area contributed by atoms with Gasteiger partial charge in [0.15, 0.2) is 0 Å². The van der Waals surface area contributed by atoms with Crippen LogP contribution in [0, 0.1) is 5.92 Å². The van der Waals surface area contributed by atoms with Crippen LogP contribution in [0.1, 0.15) is 22.8 Å². The lowest BCUT2D eigenvalue weighted by Crippen LogP contribution is -2.27. The number of nitrogens with zero attached hydrogens (tertiary/aromatic N) is 2. The first-order chi connectivity index (χ1) is 12.1. The van der Waals surface area contributed by atoms with Gasteiger partial charge >= 0.3 is 0 Å². The highest BCUT2D eigenvalue weighted by Gasteiger charge is 2.11. The van der Waals surface area contributed by atoms with Crippen LogP contribution in [0.3, 0.4) is 0 Å². The van der Waals surface area contributed by atoms with E-state index in [4.69, 9.17) is 0 Å². The topological polar surface area (TPSA) is 44.7 Å². The van der Waals surface area contributed by atoms with E-state index >= 15 is 0 Å². The summed E-state index contributed by atoms with van der Waals surface area (Å²) >= 11 is 0. The molecule has 0 bridgehead atoms. The fraction of sp³-hybridized carbons (Fsp3) is 0.238. The van der Waals surface area contributed by atoms with Gasteiger partial charge in [0.1, 0.15) is 0 Å². The summed E-state index contributed by atoms with van der Waals surface area (Å²) in [6, 6.07) is 19.1. The van der Waals surface area contributed by atoms with Gasteiger partial charge in [-0.3, -0.25) is 4.79 Å². The fourth-order valence-corrected chi connectivity index (χ4v) is 2.47. The summed E-state index contributed by atoms with van der Waals surface area (Å²) in [6.07, 6.45) is 3.98. The van der Waals surface area contributed by atoms with Crippen LogP contribution in [-0.4, -0.2) is 37.2 Å². The lowest BCUT2D eigenvalue weighted by atomic mass is 10.0. The van der Waals surface area contributed by atoms with Gasteiger partial charge in [0.05, 0.1) is 5.71 Å². The minimum atomic E-state index is -0.205. The summed E-state index contributed by atoms with van der Waals surface area (Å²) < 4.78 is 0. The molecule has 0 spiro atoms. The van der Waals surface area contributed by atoms with Crippen molar-refractivity contribution in [3.63, 3.8) is 0 Å². The number of benzene rings is 2. The number of hydrogen-bond donors (Lipinski definition) is 1. The highest BCUT2D eigenvalue weighted by molar-refractivity contribution is 6.01. The number of rotatable bonds is 7. The Labute approximate surface area is 149 Å². The monoisotopic (exact) mass is 335 g/mol. The van der Waals surface area contributed by atoms with Crippen molar-refractivity contribution >= 4 is 17.7 Å². The van der Waals surface area contributed by atoms with Gasteiger partial charge in [0, 0.05) is 18.0 Å². The van der Waals surface area contributed by atoms with Gasteiger partial charge in [-0.05, 0) is 37.9 Å².